The molecular weight excluding hydrogens is 428 g/mol. The number of tetrazole rings is 1. The van der Waals surface area contributed by atoms with E-state index in [-0.39, 0.29) is 18.1 Å². The van der Waals surface area contributed by atoms with Gasteiger partial charge in [-0.2, -0.15) is 4.68 Å². The highest BCUT2D eigenvalue weighted by Gasteiger charge is 2.52. The number of hydrogen-bond donors (Lipinski definition) is 1. The predicted molar refractivity (Wildman–Crippen MR) is 125 cm³/mol. The van der Waals surface area contributed by atoms with Crippen LogP contribution in [0.5, 0.6) is 0 Å². The molecule has 0 saturated carbocycles. The molecule has 8 nitrogen and oxygen atoms in total. The van der Waals surface area contributed by atoms with Crippen LogP contribution >= 0.6 is 0 Å². The van der Waals surface area contributed by atoms with Crippen LogP contribution in [0.3, 0.4) is 0 Å². The number of benzene rings is 1. The fourth-order valence-electron chi connectivity index (χ4n) is 6.08. The molecule has 2 aliphatic rings. The van der Waals surface area contributed by atoms with E-state index in [4.69, 9.17) is 4.42 Å². The number of pyridine rings is 1. The van der Waals surface area contributed by atoms with Crippen molar-refractivity contribution in [3.05, 3.63) is 89.4 Å². The number of aromatic nitrogens is 5. The minimum absolute atomic E-state index is 0.169. The van der Waals surface area contributed by atoms with Crippen LogP contribution < -0.4 is 0 Å². The molecule has 1 N–H and O–H groups in total. The molecule has 2 aliphatic heterocycles. The van der Waals surface area contributed by atoms with Crippen molar-refractivity contribution in [2.75, 3.05) is 0 Å². The quantitative estimate of drug-likeness (QED) is 0.487. The van der Waals surface area contributed by atoms with E-state index in [1.807, 2.05) is 29.1 Å². The van der Waals surface area contributed by atoms with Crippen LogP contribution in [0.25, 0.3) is 5.69 Å². The highest BCUT2D eigenvalue weighted by Crippen LogP contribution is 2.50. The molecule has 3 aromatic heterocycles. The molecule has 0 unspecified atom stereocenters. The minimum atomic E-state index is -0.955. The third-order valence-electron chi connectivity index (χ3n) is 7.49. The summed E-state index contributed by atoms with van der Waals surface area (Å²) in [6.45, 7) is 4.17. The van der Waals surface area contributed by atoms with E-state index < -0.39 is 5.60 Å². The molecule has 174 valence electrons. The van der Waals surface area contributed by atoms with Crippen molar-refractivity contribution < 1.29 is 9.52 Å². The highest BCUT2D eigenvalue weighted by molar-refractivity contribution is 5.47. The van der Waals surface area contributed by atoms with Gasteiger partial charge in [-0.15, -0.1) is 5.10 Å². The van der Waals surface area contributed by atoms with Gasteiger partial charge < -0.3 is 9.52 Å². The number of rotatable bonds is 5. The van der Waals surface area contributed by atoms with Crippen molar-refractivity contribution >= 4 is 0 Å². The molecule has 0 amide bonds. The van der Waals surface area contributed by atoms with E-state index in [2.05, 4.69) is 63.5 Å². The summed E-state index contributed by atoms with van der Waals surface area (Å²) in [5.74, 6) is 1.42. The first-order valence-corrected chi connectivity index (χ1v) is 11.8. The van der Waals surface area contributed by atoms with Gasteiger partial charge in [0.05, 0.1) is 18.0 Å². The summed E-state index contributed by atoms with van der Waals surface area (Å²) in [5, 5.41) is 24.6. The molecular formula is C26H28N6O2. The molecule has 2 bridgehead atoms. The maximum Gasteiger partial charge on any atom is 0.178 e. The van der Waals surface area contributed by atoms with Crippen molar-refractivity contribution in [1.82, 2.24) is 30.1 Å². The van der Waals surface area contributed by atoms with E-state index in [1.54, 1.807) is 12.5 Å². The fraction of sp³-hybridized carbons (Fsp3) is 0.385. The number of piperidine rings is 1. The normalized spacial score (nSPS) is 25.5. The maximum atomic E-state index is 11.5. The van der Waals surface area contributed by atoms with Crippen LogP contribution in [0, 0.1) is 13.8 Å². The van der Waals surface area contributed by atoms with Gasteiger partial charge in [0, 0.05) is 24.5 Å². The van der Waals surface area contributed by atoms with E-state index in [1.165, 1.54) is 0 Å². The summed E-state index contributed by atoms with van der Waals surface area (Å²) < 4.78 is 7.53. The molecule has 0 spiro atoms. The number of nitrogens with zero attached hydrogens (tertiary/aromatic N) is 6. The zero-order chi connectivity index (χ0) is 23.3. The smallest absolute Gasteiger partial charge is 0.178 e. The van der Waals surface area contributed by atoms with Gasteiger partial charge in [-0.05, 0) is 84.8 Å². The van der Waals surface area contributed by atoms with Crippen LogP contribution in [0.15, 0.2) is 65.5 Å². The van der Waals surface area contributed by atoms with Gasteiger partial charge in [0.1, 0.15) is 11.4 Å². The molecule has 2 saturated heterocycles. The fourth-order valence-corrected chi connectivity index (χ4v) is 6.08. The van der Waals surface area contributed by atoms with Crippen molar-refractivity contribution in [2.45, 2.75) is 63.3 Å². The SMILES string of the molecule is Cc1cccc(C)c1-n1nnnc1[C@@H](c1cccnc1)N1[C@H]2CC[C@H]1CC(O)(c1ccco1)C2. The first-order chi connectivity index (χ1) is 16.5. The van der Waals surface area contributed by atoms with E-state index in [0.29, 0.717) is 18.6 Å². The minimum Gasteiger partial charge on any atom is -0.466 e. The second kappa shape index (κ2) is 8.14. The maximum absolute atomic E-state index is 11.5. The van der Waals surface area contributed by atoms with Crippen LogP contribution in [0.1, 0.15) is 60.0 Å². The standard InChI is InChI=1S/C26H28N6O2/c1-17-6-3-7-18(2)23(17)32-25(28-29-30-32)24(19-8-4-12-27-16-19)31-20-10-11-21(31)15-26(33,14-20)22-9-5-13-34-22/h3-9,12-13,16,20-21,24,33H,10-11,14-15H2,1-2H3/t20-,21-,24+/m0/s1. The third kappa shape index (κ3) is 3.36. The number of para-hydroxylation sites is 1. The van der Waals surface area contributed by atoms with Gasteiger partial charge in [0.2, 0.25) is 0 Å². The van der Waals surface area contributed by atoms with Crippen LogP contribution in [-0.2, 0) is 5.60 Å². The lowest BCUT2D eigenvalue weighted by atomic mass is 9.82. The number of fused-ring (bicyclic) bond motifs is 2. The monoisotopic (exact) mass is 456 g/mol. The highest BCUT2D eigenvalue weighted by atomic mass is 16.4. The second-order valence-electron chi connectivity index (χ2n) is 9.63. The molecule has 0 aliphatic carbocycles. The van der Waals surface area contributed by atoms with Crippen LogP contribution in [0.2, 0.25) is 0 Å². The second-order valence-corrected chi connectivity index (χ2v) is 9.63. The predicted octanol–water partition coefficient (Wildman–Crippen LogP) is 3.87. The Kier molecular flexibility index (Phi) is 5.08. The Balaban J connectivity index is 1.45. The lowest BCUT2D eigenvalue weighted by Gasteiger charge is -2.46. The van der Waals surface area contributed by atoms with Crippen molar-refractivity contribution in [3.8, 4) is 5.69 Å². The third-order valence-corrected chi connectivity index (χ3v) is 7.49. The average molecular weight is 457 g/mol. The van der Waals surface area contributed by atoms with Crippen molar-refractivity contribution in [3.63, 3.8) is 0 Å². The summed E-state index contributed by atoms with van der Waals surface area (Å²) in [7, 11) is 0. The van der Waals surface area contributed by atoms with E-state index in [9.17, 15) is 5.11 Å². The Morgan fingerprint density at radius 2 is 1.79 bits per heavy atom. The summed E-state index contributed by atoms with van der Waals surface area (Å²) >= 11 is 0. The Bertz CT molecular complexity index is 1250. The van der Waals surface area contributed by atoms with Crippen molar-refractivity contribution in [2.24, 2.45) is 0 Å². The topological polar surface area (TPSA) is 93.1 Å². The molecule has 4 aromatic rings. The summed E-state index contributed by atoms with van der Waals surface area (Å²) in [6.07, 6.45) is 8.57. The first-order valence-electron chi connectivity index (χ1n) is 11.8. The van der Waals surface area contributed by atoms with Gasteiger partial charge in [-0.1, -0.05) is 24.3 Å². The lowest BCUT2D eigenvalue weighted by molar-refractivity contribution is -0.0791. The first kappa shape index (κ1) is 21.2. The number of aliphatic hydroxyl groups is 1. The summed E-state index contributed by atoms with van der Waals surface area (Å²) in [4.78, 5) is 6.92. The Hall–Kier alpha value is -3.36. The largest absolute Gasteiger partial charge is 0.466 e. The van der Waals surface area contributed by atoms with Gasteiger partial charge >= 0.3 is 0 Å². The van der Waals surface area contributed by atoms with E-state index in [0.717, 1.165) is 41.0 Å². The number of hydrogen-bond acceptors (Lipinski definition) is 7. The van der Waals surface area contributed by atoms with Crippen LogP contribution in [-0.4, -0.2) is 47.3 Å². The molecule has 5 heterocycles. The Morgan fingerprint density at radius 3 is 2.44 bits per heavy atom. The molecule has 1 aromatic carbocycles. The Morgan fingerprint density at radius 1 is 1.03 bits per heavy atom. The molecule has 3 atom stereocenters. The molecule has 8 heteroatoms. The summed E-state index contributed by atoms with van der Waals surface area (Å²) in [5.41, 5.74) is 3.33. The summed E-state index contributed by atoms with van der Waals surface area (Å²) in [6, 6.07) is 14.2. The molecule has 34 heavy (non-hydrogen) atoms. The van der Waals surface area contributed by atoms with Crippen molar-refractivity contribution in [1.29, 1.82) is 0 Å². The molecule has 0 radical (unpaired) electrons. The number of aryl methyl sites for hydroxylation is 2. The molecule has 2 fully saturated rings. The lowest BCUT2D eigenvalue weighted by Crippen LogP contribution is -2.51. The number of furan rings is 1. The van der Waals surface area contributed by atoms with Gasteiger partial charge in [-0.3, -0.25) is 9.88 Å². The van der Waals surface area contributed by atoms with Gasteiger partial charge in [-0.25, -0.2) is 0 Å². The average Bonchev–Trinajstić information content (AvgIpc) is 3.58. The molecule has 6 rings (SSSR count). The van der Waals surface area contributed by atoms with Crippen LogP contribution in [0.4, 0.5) is 0 Å². The zero-order valence-electron chi connectivity index (χ0n) is 19.4. The zero-order valence-corrected chi connectivity index (χ0v) is 19.4. The van der Waals surface area contributed by atoms with Gasteiger partial charge in [0.15, 0.2) is 5.82 Å². The van der Waals surface area contributed by atoms with Gasteiger partial charge in [0.25, 0.3) is 0 Å². The Labute approximate surface area is 198 Å². The van der Waals surface area contributed by atoms with E-state index >= 15 is 0 Å².